The average molecular weight is 427 g/mol. The standard InChI is InChI=1S/C21H19ClN4O2S/c1-14-10-15(2)12-18(11-14)26(9-3-8-23)19(27)13-29-21-25-24-20(28-21)16-4-6-17(22)7-5-16/h4-7,10-12H,3,9,13H2,1-2H3. The average Bonchev–Trinajstić information content (AvgIpc) is 3.15. The number of nitrogens with zero attached hydrogens (tertiary/aromatic N) is 4. The van der Waals surface area contributed by atoms with Crippen molar-refractivity contribution in [3.8, 4) is 17.5 Å². The Balaban J connectivity index is 1.70. The Bertz CT molecular complexity index is 1020. The van der Waals surface area contributed by atoms with Gasteiger partial charge in [0.05, 0.1) is 18.2 Å². The van der Waals surface area contributed by atoms with Crippen LogP contribution in [-0.2, 0) is 4.79 Å². The van der Waals surface area contributed by atoms with Gasteiger partial charge in [-0.2, -0.15) is 5.26 Å². The molecule has 0 radical (unpaired) electrons. The fourth-order valence-corrected chi connectivity index (χ4v) is 3.61. The summed E-state index contributed by atoms with van der Waals surface area (Å²) < 4.78 is 5.64. The molecule has 3 rings (SSSR count). The fraction of sp³-hybridized carbons (Fsp3) is 0.238. The Morgan fingerprint density at radius 2 is 1.86 bits per heavy atom. The van der Waals surface area contributed by atoms with Gasteiger partial charge in [0.2, 0.25) is 11.8 Å². The third-order valence-corrected chi connectivity index (χ3v) is 5.14. The lowest BCUT2D eigenvalue weighted by molar-refractivity contribution is -0.116. The van der Waals surface area contributed by atoms with E-state index in [1.165, 1.54) is 11.8 Å². The van der Waals surface area contributed by atoms with Gasteiger partial charge >= 0.3 is 0 Å². The van der Waals surface area contributed by atoms with E-state index < -0.39 is 0 Å². The van der Waals surface area contributed by atoms with E-state index in [4.69, 9.17) is 21.3 Å². The molecule has 0 fully saturated rings. The van der Waals surface area contributed by atoms with Gasteiger partial charge in [0.25, 0.3) is 5.22 Å². The first-order valence-electron chi connectivity index (χ1n) is 8.94. The summed E-state index contributed by atoms with van der Waals surface area (Å²) in [7, 11) is 0. The van der Waals surface area contributed by atoms with Crippen molar-refractivity contribution in [1.29, 1.82) is 5.26 Å². The summed E-state index contributed by atoms with van der Waals surface area (Å²) in [6, 6.07) is 15.1. The second kappa shape index (κ2) is 9.59. The van der Waals surface area contributed by atoms with Gasteiger partial charge in [0, 0.05) is 22.8 Å². The zero-order chi connectivity index (χ0) is 20.8. The Morgan fingerprint density at radius 1 is 1.17 bits per heavy atom. The molecule has 1 amide bonds. The Hall–Kier alpha value is -2.82. The molecule has 1 aromatic heterocycles. The molecule has 0 aliphatic heterocycles. The van der Waals surface area contributed by atoms with Gasteiger partial charge in [-0.25, -0.2) is 0 Å². The largest absolute Gasteiger partial charge is 0.411 e. The lowest BCUT2D eigenvalue weighted by Crippen LogP contribution is -2.33. The third kappa shape index (κ3) is 5.59. The second-order valence-electron chi connectivity index (χ2n) is 6.47. The first-order valence-corrected chi connectivity index (χ1v) is 10.3. The van der Waals surface area contributed by atoms with E-state index in [2.05, 4.69) is 16.3 Å². The maximum atomic E-state index is 12.9. The first-order chi connectivity index (χ1) is 14.0. The summed E-state index contributed by atoms with van der Waals surface area (Å²) in [6.45, 7) is 4.29. The minimum absolute atomic E-state index is 0.124. The number of hydrogen-bond acceptors (Lipinski definition) is 6. The van der Waals surface area contributed by atoms with Crippen LogP contribution in [0.4, 0.5) is 5.69 Å². The van der Waals surface area contributed by atoms with Gasteiger partial charge in [-0.1, -0.05) is 29.4 Å². The van der Waals surface area contributed by atoms with E-state index in [-0.39, 0.29) is 18.1 Å². The van der Waals surface area contributed by atoms with Crippen LogP contribution < -0.4 is 4.90 Å². The third-order valence-electron chi connectivity index (χ3n) is 4.08. The molecule has 3 aromatic rings. The van der Waals surface area contributed by atoms with Crippen molar-refractivity contribution in [3.05, 3.63) is 58.6 Å². The van der Waals surface area contributed by atoms with E-state index in [1.807, 2.05) is 32.0 Å². The molecule has 0 saturated heterocycles. The number of rotatable bonds is 7. The van der Waals surface area contributed by atoms with Crippen LogP contribution in [0, 0.1) is 25.2 Å². The van der Waals surface area contributed by atoms with Crippen LogP contribution in [0.15, 0.2) is 52.1 Å². The smallest absolute Gasteiger partial charge is 0.277 e. The van der Waals surface area contributed by atoms with Crippen molar-refractivity contribution < 1.29 is 9.21 Å². The highest BCUT2D eigenvalue weighted by atomic mass is 35.5. The van der Waals surface area contributed by atoms with Gasteiger partial charge in [-0.3, -0.25) is 4.79 Å². The van der Waals surface area contributed by atoms with Crippen molar-refractivity contribution in [2.75, 3.05) is 17.2 Å². The summed E-state index contributed by atoms with van der Waals surface area (Å²) in [5.74, 6) is 0.370. The summed E-state index contributed by atoms with van der Waals surface area (Å²) in [5.41, 5.74) is 3.67. The van der Waals surface area contributed by atoms with Crippen LogP contribution in [0.3, 0.4) is 0 Å². The van der Waals surface area contributed by atoms with Crippen LogP contribution in [0.5, 0.6) is 0 Å². The number of thioether (sulfide) groups is 1. The number of aryl methyl sites for hydroxylation is 2. The number of halogens is 1. The Morgan fingerprint density at radius 3 is 2.52 bits per heavy atom. The Labute approximate surface area is 178 Å². The molecular formula is C21H19ClN4O2S. The van der Waals surface area contributed by atoms with Gasteiger partial charge in [0.1, 0.15) is 0 Å². The summed E-state index contributed by atoms with van der Waals surface area (Å²) in [6.07, 6.45) is 0.255. The summed E-state index contributed by atoms with van der Waals surface area (Å²) >= 11 is 7.06. The molecule has 0 aliphatic carbocycles. The molecule has 0 unspecified atom stereocenters. The molecule has 1 heterocycles. The molecule has 0 bridgehead atoms. The lowest BCUT2D eigenvalue weighted by Gasteiger charge is -2.22. The molecule has 148 valence electrons. The molecule has 0 aliphatic rings. The predicted octanol–water partition coefficient (Wildman–Crippen LogP) is 5.05. The lowest BCUT2D eigenvalue weighted by atomic mass is 10.1. The van der Waals surface area contributed by atoms with Gasteiger partial charge < -0.3 is 9.32 Å². The zero-order valence-corrected chi connectivity index (χ0v) is 17.6. The highest BCUT2D eigenvalue weighted by Gasteiger charge is 2.18. The molecule has 0 N–H and O–H groups in total. The minimum Gasteiger partial charge on any atom is -0.411 e. The number of carbonyl (C=O) groups excluding carboxylic acids is 1. The van der Waals surface area contributed by atoms with Crippen molar-refractivity contribution in [2.45, 2.75) is 25.5 Å². The topological polar surface area (TPSA) is 83.0 Å². The quantitative estimate of drug-likeness (QED) is 0.492. The van der Waals surface area contributed by atoms with E-state index in [9.17, 15) is 4.79 Å². The maximum Gasteiger partial charge on any atom is 0.277 e. The highest BCUT2D eigenvalue weighted by molar-refractivity contribution is 7.99. The van der Waals surface area contributed by atoms with Crippen molar-refractivity contribution >= 4 is 35.0 Å². The molecular weight excluding hydrogens is 408 g/mol. The SMILES string of the molecule is Cc1cc(C)cc(N(CCC#N)C(=O)CSc2nnc(-c3ccc(Cl)cc3)o2)c1. The van der Waals surface area contributed by atoms with Crippen LogP contribution in [0.2, 0.25) is 5.02 Å². The van der Waals surface area contributed by atoms with Crippen LogP contribution >= 0.6 is 23.4 Å². The summed E-state index contributed by atoms with van der Waals surface area (Å²) in [4.78, 5) is 14.5. The Kier molecular flexibility index (Phi) is 6.91. The number of nitriles is 1. The van der Waals surface area contributed by atoms with E-state index in [1.54, 1.807) is 29.2 Å². The number of hydrogen-bond donors (Lipinski definition) is 0. The van der Waals surface area contributed by atoms with E-state index in [0.717, 1.165) is 22.4 Å². The summed E-state index contributed by atoms with van der Waals surface area (Å²) in [5, 5.41) is 17.9. The van der Waals surface area contributed by atoms with Crippen molar-refractivity contribution in [3.63, 3.8) is 0 Å². The normalized spacial score (nSPS) is 10.6. The van der Waals surface area contributed by atoms with Crippen LogP contribution in [-0.4, -0.2) is 28.4 Å². The van der Waals surface area contributed by atoms with Gasteiger partial charge in [0.15, 0.2) is 0 Å². The zero-order valence-electron chi connectivity index (χ0n) is 16.1. The number of carbonyl (C=O) groups is 1. The maximum absolute atomic E-state index is 12.9. The van der Waals surface area contributed by atoms with Crippen LogP contribution in [0.1, 0.15) is 17.5 Å². The molecule has 2 aromatic carbocycles. The minimum atomic E-state index is -0.124. The first kappa shape index (κ1) is 20.9. The number of anilines is 1. The predicted molar refractivity (Wildman–Crippen MR) is 114 cm³/mol. The number of amides is 1. The van der Waals surface area contributed by atoms with E-state index >= 15 is 0 Å². The fourth-order valence-electron chi connectivity index (χ4n) is 2.84. The molecule has 0 spiro atoms. The molecule has 8 heteroatoms. The van der Waals surface area contributed by atoms with Gasteiger partial charge in [-0.05, 0) is 61.4 Å². The second-order valence-corrected chi connectivity index (χ2v) is 7.83. The highest BCUT2D eigenvalue weighted by Crippen LogP contribution is 2.26. The molecule has 0 saturated carbocycles. The molecule has 29 heavy (non-hydrogen) atoms. The van der Waals surface area contributed by atoms with E-state index in [0.29, 0.717) is 22.7 Å². The van der Waals surface area contributed by atoms with Gasteiger partial charge in [-0.15, -0.1) is 10.2 Å². The number of benzene rings is 2. The van der Waals surface area contributed by atoms with Crippen LogP contribution in [0.25, 0.3) is 11.5 Å². The number of aromatic nitrogens is 2. The molecule has 0 atom stereocenters. The monoisotopic (exact) mass is 426 g/mol. The molecule has 6 nitrogen and oxygen atoms in total. The van der Waals surface area contributed by atoms with Crippen molar-refractivity contribution in [1.82, 2.24) is 10.2 Å². The van der Waals surface area contributed by atoms with Crippen molar-refractivity contribution in [2.24, 2.45) is 0 Å².